The van der Waals surface area contributed by atoms with Crippen LogP contribution in [0.1, 0.15) is 49.1 Å². The minimum atomic E-state index is -0.622. The lowest BCUT2D eigenvalue weighted by molar-refractivity contribution is 0.0527. The van der Waals surface area contributed by atoms with Gasteiger partial charge in [0.15, 0.2) is 5.11 Å². The van der Waals surface area contributed by atoms with Crippen LogP contribution in [0, 0.1) is 6.92 Å². The molecule has 12 heteroatoms. The lowest BCUT2D eigenvalue weighted by Crippen LogP contribution is -2.34. The number of thiocarbonyl (C=S) groups is 1. The second-order valence-corrected chi connectivity index (χ2v) is 9.79. The molecule has 0 aliphatic rings. The highest BCUT2D eigenvalue weighted by Gasteiger charge is 2.27. The van der Waals surface area contributed by atoms with E-state index in [1.54, 1.807) is 39.0 Å². The molecule has 2 aromatic heterocycles. The van der Waals surface area contributed by atoms with Gasteiger partial charge in [0, 0.05) is 15.1 Å². The van der Waals surface area contributed by atoms with Crippen LogP contribution < -0.4 is 10.6 Å². The number of rotatable bonds is 6. The maximum atomic E-state index is 12.8. The van der Waals surface area contributed by atoms with Crippen molar-refractivity contribution in [3.8, 4) is 0 Å². The molecule has 1 amide bonds. The summed E-state index contributed by atoms with van der Waals surface area (Å²) in [4.78, 5) is 38.1. The summed E-state index contributed by atoms with van der Waals surface area (Å²) in [6, 6.07) is 5.14. The van der Waals surface area contributed by atoms with Crippen LogP contribution in [0.4, 0.5) is 5.00 Å². The molecule has 3 aromatic rings. The third-order valence-corrected chi connectivity index (χ3v) is 7.62. The van der Waals surface area contributed by atoms with Crippen molar-refractivity contribution in [3.63, 3.8) is 0 Å². The Labute approximate surface area is 213 Å². The number of anilines is 1. The number of carbonyl (C=O) groups is 3. The normalized spacial score (nSPS) is 10.7. The van der Waals surface area contributed by atoms with Crippen LogP contribution in [0.3, 0.4) is 0 Å². The van der Waals surface area contributed by atoms with Crippen molar-refractivity contribution < 1.29 is 23.9 Å². The fourth-order valence-corrected chi connectivity index (χ4v) is 5.96. The van der Waals surface area contributed by atoms with Gasteiger partial charge in [0.2, 0.25) is 0 Å². The molecule has 0 unspecified atom stereocenters. The van der Waals surface area contributed by atoms with Crippen LogP contribution in [0.2, 0.25) is 10.0 Å². The molecule has 0 saturated heterocycles. The largest absolute Gasteiger partial charge is 0.462 e. The van der Waals surface area contributed by atoms with E-state index in [1.165, 1.54) is 11.3 Å². The first kappa shape index (κ1) is 25.4. The smallest absolute Gasteiger partial charge is 0.348 e. The summed E-state index contributed by atoms with van der Waals surface area (Å²) in [5.41, 5.74) is 0.550. The molecule has 3 rings (SSSR count). The highest BCUT2D eigenvalue weighted by atomic mass is 35.5. The molecular formula is C21H18Cl2N2O5S3. The molecule has 0 bridgehead atoms. The predicted octanol–water partition coefficient (Wildman–Crippen LogP) is 6.06. The fraction of sp³-hybridized carbons (Fsp3) is 0.238. The minimum Gasteiger partial charge on any atom is -0.462 e. The average Bonchev–Trinajstić information content (AvgIpc) is 3.24. The van der Waals surface area contributed by atoms with Crippen LogP contribution >= 0.6 is 58.1 Å². The van der Waals surface area contributed by atoms with Gasteiger partial charge in [-0.1, -0.05) is 29.3 Å². The molecule has 0 saturated carbocycles. The van der Waals surface area contributed by atoms with Gasteiger partial charge in [0.1, 0.15) is 14.8 Å². The summed E-state index contributed by atoms with van der Waals surface area (Å²) in [6.45, 7) is 5.31. The van der Waals surface area contributed by atoms with E-state index in [0.717, 1.165) is 16.0 Å². The number of hydrogen-bond donors (Lipinski definition) is 2. The molecule has 0 fully saturated rings. The quantitative estimate of drug-likeness (QED) is 0.287. The van der Waals surface area contributed by atoms with Gasteiger partial charge in [0.25, 0.3) is 5.91 Å². The van der Waals surface area contributed by atoms with E-state index in [1.807, 2.05) is 0 Å². The van der Waals surface area contributed by atoms with Crippen LogP contribution in [-0.4, -0.2) is 36.2 Å². The molecule has 0 spiro atoms. The van der Waals surface area contributed by atoms with Crippen LogP contribution in [0.25, 0.3) is 10.1 Å². The Bertz CT molecular complexity index is 1270. The number of esters is 2. The molecule has 33 heavy (non-hydrogen) atoms. The maximum absolute atomic E-state index is 12.8. The zero-order valence-corrected chi connectivity index (χ0v) is 21.6. The topological polar surface area (TPSA) is 93.7 Å². The molecule has 0 aliphatic heterocycles. The Hall–Kier alpha value is -2.24. The molecule has 0 radical (unpaired) electrons. The van der Waals surface area contributed by atoms with Gasteiger partial charge in [-0.3, -0.25) is 10.1 Å². The number of nitrogens with one attached hydrogen (secondary N) is 2. The number of halogens is 2. The Morgan fingerprint density at radius 3 is 2.36 bits per heavy atom. The number of hydrogen-bond acceptors (Lipinski definition) is 8. The molecule has 0 atom stereocenters. The molecule has 2 N–H and O–H groups in total. The first-order chi connectivity index (χ1) is 15.7. The molecular weight excluding hydrogens is 527 g/mol. The van der Waals surface area contributed by atoms with Crippen LogP contribution in [0.5, 0.6) is 0 Å². The highest BCUT2D eigenvalue weighted by Crippen LogP contribution is 2.37. The van der Waals surface area contributed by atoms with Crippen molar-refractivity contribution >= 4 is 96.1 Å². The Morgan fingerprint density at radius 2 is 1.70 bits per heavy atom. The van der Waals surface area contributed by atoms with E-state index in [-0.39, 0.29) is 43.7 Å². The molecule has 1 aromatic carbocycles. The van der Waals surface area contributed by atoms with E-state index in [9.17, 15) is 14.4 Å². The van der Waals surface area contributed by atoms with E-state index >= 15 is 0 Å². The van der Waals surface area contributed by atoms with Crippen LogP contribution in [-0.2, 0) is 9.47 Å². The molecule has 7 nitrogen and oxygen atoms in total. The minimum absolute atomic E-state index is 0.0752. The van der Waals surface area contributed by atoms with Gasteiger partial charge in [-0.25, -0.2) is 9.59 Å². The van der Waals surface area contributed by atoms with E-state index in [4.69, 9.17) is 44.9 Å². The average molecular weight is 545 g/mol. The number of thiophene rings is 2. The summed E-state index contributed by atoms with van der Waals surface area (Å²) in [6.07, 6.45) is 0. The fourth-order valence-electron chi connectivity index (χ4n) is 2.92. The maximum Gasteiger partial charge on any atom is 0.348 e. The van der Waals surface area contributed by atoms with Gasteiger partial charge in [0.05, 0.1) is 23.8 Å². The van der Waals surface area contributed by atoms with Gasteiger partial charge < -0.3 is 14.8 Å². The number of benzene rings is 1. The van der Waals surface area contributed by atoms with Crippen molar-refractivity contribution in [1.82, 2.24) is 5.32 Å². The third-order valence-electron chi connectivity index (χ3n) is 4.34. The predicted molar refractivity (Wildman–Crippen MR) is 137 cm³/mol. The third kappa shape index (κ3) is 5.47. The molecule has 174 valence electrons. The number of fused-ring (bicyclic) bond motifs is 1. The zero-order chi connectivity index (χ0) is 24.3. The SMILES string of the molecule is CCOC(=O)c1sc(NC(=S)NC(=O)c2sc3cc(Cl)ccc3c2Cl)c(C(=O)OCC)c1C. The van der Waals surface area contributed by atoms with Gasteiger partial charge in [-0.2, -0.15) is 0 Å². The number of carbonyl (C=O) groups excluding carboxylic acids is 3. The first-order valence-electron chi connectivity index (χ1n) is 9.65. The lowest BCUT2D eigenvalue weighted by atomic mass is 10.1. The van der Waals surface area contributed by atoms with Gasteiger partial charge in [-0.15, -0.1) is 22.7 Å². The van der Waals surface area contributed by atoms with E-state index < -0.39 is 17.8 Å². The number of ether oxygens (including phenoxy) is 2. The molecule has 2 heterocycles. The lowest BCUT2D eigenvalue weighted by Gasteiger charge is -2.10. The number of amides is 1. The Balaban J connectivity index is 1.85. The van der Waals surface area contributed by atoms with E-state index in [0.29, 0.717) is 16.0 Å². The highest BCUT2D eigenvalue weighted by molar-refractivity contribution is 7.80. The Morgan fingerprint density at radius 1 is 1.03 bits per heavy atom. The van der Waals surface area contributed by atoms with Gasteiger partial charge >= 0.3 is 11.9 Å². The second kappa shape index (κ2) is 10.8. The van der Waals surface area contributed by atoms with Crippen molar-refractivity contribution in [3.05, 3.63) is 49.1 Å². The van der Waals surface area contributed by atoms with Crippen LogP contribution in [0.15, 0.2) is 18.2 Å². The summed E-state index contributed by atoms with van der Waals surface area (Å²) in [7, 11) is 0. The monoisotopic (exact) mass is 544 g/mol. The van der Waals surface area contributed by atoms with Gasteiger partial charge in [-0.05, 0) is 50.7 Å². The Kier molecular flexibility index (Phi) is 8.30. The van der Waals surface area contributed by atoms with Crippen molar-refractivity contribution in [2.45, 2.75) is 20.8 Å². The van der Waals surface area contributed by atoms with Crippen molar-refractivity contribution in [1.29, 1.82) is 0 Å². The second-order valence-electron chi connectivity index (χ2n) is 6.50. The summed E-state index contributed by atoms with van der Waals surface area (Å²) < 4.78 is 10.9. The summed E-state index contributed by atoms with van der Waals surface area (Å²) in [5.74, 6) is -1.71. The summed E-state index contributed by atoms with van der Waals surface area (Å²) >= 11 is 19.8. The first-order valence-corrected chi connectivity index (χ1v) is 12.4. The zero-order valence-electron chi connectivity index (χ0n) is 17.7. The van der Waals surface area contributed by atoms with Crippen molar-refractivity contribution in [2.24, 2.45) is 0 Å². The standard InChI is InChI=1S/C21H18Cl2N2O5S3/c1-4-29-19(27)13-9(3)15(20(28)30-5-2)33-18(13)25-21(31)24-17(26)16-14(23)11-7-6-10(22)8-12(11)32-16/h6-8H,4-5H2,1-3H3,(H2,24,25,26,31). The summed E-state index contributed by atoms with van der Waals surface area (Å²) in [5, 5.41) is 7.08. The van der Waals surface area contributed by atoms with E-state index in [2.05, 4.69) is 10.6 Å². The molecule has 0 aliphatic carbocycles. The van der Waals surface area contributed by atoms with Crippen molar-refractivity contribution in [2.75, 3.05) is 18.5 Å².